The highest BCUT2D eigenvalue weighted by atomic mass is 32.1. The normalized spacial score (nSPS) is 20.5. The van der Waals surface area contributed by atoms with E-state index in [1.807, 2.05) is 24.5 Å². The van der Waals surface area contributed by atoms with Gasteiger partial charge in [0.2, 0.25) is 0 Å². The monoisotopic (exact) mass is 395 g/mol. The quantitative estimate of drug-likeness (QED) is 0.680. The van der Waals surface area contributed by atoms with E-state index in [1.165, 1.54) is 57.7 Å². The SMILES string of the molecule is Cc1nc(CN2CCc3[nH]ncc3C2)c2cc(C3CCC(C)(C)CC3)sc2n1. The molecule has 1 aliphatic heterocycles. The molecule has 0 unspecified atom stereocenters. The van der Waals surface area contributed by atoms with Gasteiger partial charge in [0.05, 0.1) is 11.9 Å². The van der Waals surface area contributed by atoms with E-state index in [-0.39, 0.29) is 0 Å². The molecule has 6 heteroatoms. The van der Waals surface area contributed by atoms with Crippen LogP contribution in [0.2, 0.25) is 0 Å². The summed E-state index contributed by atoms with van der Waals surface area (Å²) in [5.74, 6) is 1.59. The fourth-order valence-corrected chi connectivity index (χ4v) is 6.02. The van der Waals surface area contributed by atoms with E-state index in [9.17, 15) is 0 Å². The molecule has 0 amide bonds. The van der Waals surface area contributed by atoms with Crippen LogP contribution in [0.3, 0.4) is 0 Å². The Labute approximate surface area is 170 Å². The summed E-state index contributed by atoms with van der Waals surface area (Å²) in [5.41, 5.74) is 4.31. The molecular weight excluding hydrogens is 366 g/mol. The minimum atomic E-state index is 0.509. The van der Waals surface area contributed by atoms with Crippen LogP contribution >= 0.6 is 11.3 Å². The number of thiophene rings is 1. The molecule has 0 aromatic carbocycles. The third kappa shape index (κ3) is 3.48. The van der Waals surface area contributed by atoms with Crippen LogP contribution in [-0.2, 0) is 19.5 Å². The molecule has 28 heavy (non-hydrogen) atoms. The van der Waals surface area contributed by atoms with Crippen molar-refractivity contribution in [1.29, 1.82) is 0 Å². The zero-order chi connectivity index (χ0) is 19.3. The molecule has 5 rings (SSSR count). The lowest BCUT2D eigenvalue weighted by atomic mass is 9.73. The predicted molar refractivity (Wildman–Crippen MR) is 114 cm³/mol. The maximum Gasteiger partial charge on any atom is 0.127 e. The van der Waals surface area contributed by atoms with Gasteiger partial charge in [-0.15, -0.1) is 11.3 Å². The zero-order valence-corrected chi connectivity index (χ0v) is 17.9. The summed E-state index contributed by atoms with van der Waals surface area (Å²) >= 11 is 1.90. The lowest BCUT2D eigenvalue weighted by molar-refractivity contribution is 0.226. The Morgan fingerprint density at radius 1 is 1.25 bits per heavy atom. The number of hydrogen-bond acceptors (Lipinski definition) is 5. The molecule has 1 saturated carbocycles. The first-order chi connectivity index (χ1) is 13.5. The topological polar surface area (TPSA) is 57.7 Å². The van der Waals surface area contributed by atoms with Gasteiger partial charge in [-0.1, -0.05) is 13.8 Å². The number of rotatable bonds is 3. The smallest absolute Gasteiger partial charge is 0.127 e. The average molecular weight is 396 g/mol. The van der Waals surface area contributed by atoms with Crippen LogP contribution in [0.1, 0.15) is 73.1 Å². The summed E-state index contributed by atoms with van der Waals surface area (Å²) in [6.07, 6.45) is 8.26. The highest BCUT2D eigenvalue weighted by Crippen LogP contribution is 2.45. The van der Waals surface area contributed by atoms with Crippen molar-refractivity contribution in [1.82, 2.24) is 25.1 Å². The van der Waals surface area contributed by atoms with Gasteiger partial charge in [-0.25, -0.2) is 9.97 Å². The Hall–Kier alpha value is -1.79. The fourth-order valence-electron chi connectivity index (χ4n) is 4.75. The molecular formula is C22H29N5S. The van der Waals surface area contributed by atoms with Crippen LogP contribution < -0.4 is 0 Å². The lowest BCUT2D eigenvalue weighted by Gasteiger charge is -2.33. The number of aromatic nitrogens is 4. The number of aromatic amines is 1. The predicted octanol–water partition coefficient (Wildman–Crippen LogP) is 4.96. The molecule has 1 aliphatic carbocycles. The number of nitrogens with zero attached hydrogens (tertiary/aromatic N) is 4. The van der Waals surface area contributed by atoms with Crippen LogP contribution in [0.4, 0.5) is 0 Å². The Kier molecular flexibility index (Phi) is 4.51. The van der Waals surface area contributed by atoms with Gasteiger partial charge in [-0.05, 0) is 50.0 Å². The van der Waals surface area contributed by atoms with E-state index in [2.05, 4.69) is 35.0 Å². The molecule has 3 aromatic rings. The number of hydrogen-bond donors (Lipinski definition) is 1. The summed E-state index contributed by atoms with van der Waals surface area (Å²) < 4.78 is 0. The van der Waals surface area contributed by atoms with Gasteiger partial charge in [-0.2, -0.15) is 5.10 Å². The second-order valence-electron chi connectivity index (χ2n) is 9.36. The minimum absolute atomic E-state index is 0.509. The van der Waals surface area contributed by atoms with Crippen molar-refractivity contribution in [3.05, 3.63) is 39.9 Å². The van der Waals surface area contributed by atoms with Crippen molar-refractivity contribution in [3.63, 3.8) is 0 Å². The van der Waals surface area contributed by atoms with Crippen LogP contribution in [0, 0.1) is 12.3 Å². The highest BCUT2D eigenvalue weighted by molar-refractivity contribution is 7.18. The van der Waals surface area contributed by atoms with E-state index in [1.54, 1.807) is 0 Å². The standard InChI is InChI=1S/C22H29N5S/c1-14-24-19(13-27-9-6-18-16(12-27)11-23-26-18)17-10-20(28-21(17)25-14)15-4-7-22(2,3)8-5-15/h10-11,15H,4-9,12-13H2,1-3H3,(H,23,26). The number of fused-ring (bicyclic) bond motifs is 2. The van der Waals surface area contributed by atoms with Crippen molar-refractivity contribution in [2.75, 3.05) is 6.54 Å². The third-order valence-electron chi connectivity index (χ3n) is 6.60. The summed E-state index contributed by atoms with van der Waals surface area (Å²) in [6, 6.07) is 2.41. The first-order valence-corrected chi connectivity index (χ1v) is 11.3. The van der Waals surface area contributed by atoms with Crippen LogP contribution in [0.15, 0.2) is 12.3 Å². The van der Waals surface area contributed by atoms with Gasteiger partial charge in [0.25, 0.3) is 0 Å². The number of H-pyrrole nitrogens is 1. The lowest BCUT2D eigenvalue weighted by Crippen LogP contribution is -2.30. The summed E-state index contributed by atoms with van der Waals surface area (Å²) in [6.45, 7) is 9.73. The Bertz CT molecular complexity index is 992. The molecule has 1 N–H and O–H groups in total. The van der Waals surface area contributed by atoms with E-state index in [0.717, 1.165) is 31.9 Å². The molecule has 3 aromatic heterocycles. The molecule has 0 radical (unpaired) electrons. The molecule has 2 aliphatic rings. The molecule has 5 nitrogen and oxygen atoms in total. The van der Waals surface area contributed by atoms with Gasteiger partial charge in [0, 0.05) is 47.6 Å². The molecule has 4 heterocycles. The Morgan fingerprint density at radius 2 is 2.07 bits per heavy atom. The summed E-state index contributed by atoms with van der Waals surface area (Å²) in [5, 5.41) is 8.60. The molecule has 0 atom stereocenters. The van der Waals surface area contributed by atoms with Gasteiger partial charge in [0.1, 0.15) is 10.7 Å². The van der Waals surface area contributed by atoms with Crippen LogP contribution in [0.5, 0.6) is 0 Å². The van der Waals surface area contributed by atoms with Crippen molar-refractivity contribution < 1.29 is 0 Å². The average Bonchev–Trinajstić information content (AvgIpc) is 3.28. The largest absolute Gasteiger partial charge is 0.293 e. The molecule has 0 saturated heterocycles. The maximum absolute atomic E-state index is 4.85. The fraction of sp³-hybridized carbons (Fsp3) is 0.591. The van der Waals surface area contributed by atoms with Gasteiger partial charge < -0.3 is 0 Å². The van der Waals surface area contributed by atoms with Crippen molar-refractivity contribution >= 4 is 21.6 Å². The van der Waals surface area contributed by atoms with Crippen molar-refractivity contribution in [3.8, 4) is 0 Å². The van der Waals surface area contributed by atoms with E-state index in [4.69, 9.17) is 9.97 Å². The first-order valence-electron chi connectivity index (χ1n) is 10.5. The van der Waals surface area contributed by atoms with Crippen LogP contribution in [0.25, 0.3) is 10.2 Å². The molecule has 0 bridgehead atoms. The maximum atomic E-state index is 4.85. The molecule has 148 valence electrons. The third-order valence-corrected chi connectivity index (χ3v) is 7.79. The summed E-state index contributed by atoms with van der Waals surface area (Å²) in [4.78, 5) is 14.8. The zero-order valence-electron chi connectivity index (χ0n) is 17.1. The Morgan fingerprint density at radius 3 is 2.89 bits per heavy atom. The van der Waals surface area contributed by atoms with E-state index < -0.39 is 0 Å². The first kappa shape index (κ1) is 18.3. The van der Waals surface area contributed by atoms with Crippen LogP contribution in [-0.4, -0.2) is 31.6 Å². The number of nitrogens with one attached hydrogen (secondary N) is 1. The number of aryl methyl sites for hydroxylation is 1. The summed E-state index contributed by atoms with van der Waals surface area (Å²) in [7, 11) is 0. The molecule has 1 fully saturated rings. The van der Waals surface area contributed by atoms with Crippen molar-refractivity contribution in [2.24, 2.45) is 5.41 Å². The van der Waals surface area contributed by atoms with Gasteiger partial charge in [0.15, 0.2) is 0 Å². The Balaban J connectivity index is 1.41. The van der Waals surface area contributed by atoms with Gasteiger partial charge >= 0.3 is 0 Å². The minimum Gasteiger partial charge on any atom is -0.293 e. The second kappa shape index (κ2) is 6.92. The highest BCUT2D eigenvalue weighted by Gasteiger charge is 2.29. The van der Waals surface area contributed by atoms with E-state index >= 15 is 0 Å². The molecule has 0 spiro atoms. The van der Waals surface area contributed by atoms with E-state index in [0.29, 0.717) is 11.3 Å². The van der Waals surface area contributed by atoms with Crippen molar-refractivity contribution in [2.45, 2.75) is 71.9 Å². The van der Waals surface area contributed by atoms with Gasteiger partial charge in [-0.3, -0.25) is 10.00 Å². The second-order valence-corrected chi connectivity index (χ2v) is 10.4.